The lowest BCUT2D eigenvalue weighted by Gasteiger charge is -2.17. The summed E-state index contributed by atoms with van der Waals surface area (Å²) < 4.78 is 0. The summed E-state index contributed by atoms with van der Waals surface area (Å²) in [4.78, 5) is 4.25. The van der Waals surface area contributed by atoms with Crippen LogP contribution in [0.25, 0.3) is 0 Å². The number of aliphatic hydroxyl groups excluding tert-OH is 1. The normalized spacial score (nSPS) is 29.9. The Kier molecular flexibility index (Phi) is 2.93. The second-order valence-corrected chi connectivity index (χ2v) is 4.32. The third-order valence-electron chi connectivity index (χ3n) is 2.45. The molecule has 0 aromatic carbocycles. The zero-order valence-corrected chi connectivity index (χ0v) is 8.26. The predicted octanol–water partition coefficient (Wildman–Crippen LogP) is 0.971. The molecule has 1 aromatic rings. The van der Waals surface area contributed by atoms with Crippen LogP contribution in [-0.2, 0) is 0 Å². The lowest BCUT2D eigenvalue weighted by Crippen LogP contribution is -2.25. The molecule has 2 heterocycles. The number of nitrogens with zero attached hydrogens (tertiary/aromatic N) is 1. The Balaban J connectivity index is 2.11. The van der Waals surface area contributed by atoms with Gasteiger partial charge >= 0.3 is 0 Å². The highest BCUT2D eigenvalue weighted by Crippen LogP contribution is 2.25. The zero-order valence-electron chi connectivity index (χ0n) is 7.44. The molecule has 1 aromatic heterocycles. The molecule has 4 heteroatoms. The van der Waals surface area contributed by atoms with Crippen LogP contribution in [0.5, 0.6) is 0 Å². The van der Waals surface area contributed by atoms with E-state index in [0.29, 0.717) is 0 Å². The molecule has 0 radical (unpaired) electrons. The highest BCUT2D eigenvalue weighted by Gasteiger charge is 2.24. The molecule has 2 N–H and O–H groups in total. The first-order valence-electron chi connectivity index (χ1n) is 4.66. The summed E-state index contributed by atoms with van der Waals surface area (Å²) in [7, 11) is 0. The van der Waals surface area contributed by atoms with Gasteiger partial charge in [-0.15, -0.1) is 11.3 Å². The fourth-order valence-electron chi connectivity index (χ4n) is 1.70. The largest absolute Gasteiger partial charge is 0.392 e. The van der Waals surface area contributed by atoms with E-state index in [1.54, 1.807) is 17.5 Å². The molecular formula is C9H14N2OS. The second-order valence-electron chi connectivity index (χ2n) is 3.39. The number of hydrogen-bond acceptors (Lipinski definition) is 4. The molecule has 0 spiro atoms. The molecule has 3 nitrogen and oxygen atoms in total. The average Bonchev–Trinajstić information content (AvgIpc) is 2.56. The summed E-state index contributed by atoms with van der Waals surface area (Å²) >= 11 is 1.63. The number of aromatic nitrogens is 1. The number of aliphatic hydroxyl groups is 1. The first-order chi connectivity index (χ1) is 6.38. The third-order valence-corrected chi connectivity index (χ3v) is 3.36. The van der Waals surface area contributed by atoms with Crippen LogP contribution < -0.4 is 5.32 Å². The van der Waals surface area contributed by atoms with E-state index in [-0.39, 0.29) is 12.0 Å². The van der Waals surface area contributed by atoms with E-state index in [0.717, 1.165) is 30.9 Å². The van der Waals surface area contributed by atoms with Crippen LogP contribution in [0, 0.1) is 0 Å². The fraction of sp³-hybridized carbons (Fsp3) is 0.667. The predicted molar refractivity (Wildman–Crippen MR) is 53.0 cm³/mol. The first kappa shape index (κ1) is 9.12. The lowest BCUT2D eigenvalue weighted by molar-refractivity contribution is 0.139. The van der Waals surface area contributed by atoms with Gasteiger partial charge in [0.25, 0.3) is 0 Å². The van der Waals surface area contributed by atoms with E-state index in [4.69, 9.17) is 0 Å². The van der Waals surface area contributed by atoms with Crippen molar-refractivity contribution in [3.05, 3.63) is 16.6 Å². The van der Waals surface area contributed by atoms with Gasteiger partial charge in [-0.3, -0.25) is 0 Å². The summed E-state index contributed by atoms with van der Waals surface area (Å²) in [5, 5.41) is 16.2. The molecule has 1 fully saturated rings. The number of nitrogens with one attached hydrogen (secondary N) is 1. The van der Waals surface area contributed by atoms with Crippen LogP contribution in [0.3, 0.4) is 0 Å². The standard InChI is InChI=1S/C9H14N2OS/c12-8-2-1-3-10-6-7(8)9-11-4-5-13-9/h4-5,7-8,10,12H,1-3,6H2. The quantitative estimate of drug-likeness (QED) is 0.707. The van der Waals surface area contributed by atoms with Crippen molar-refractivity contribution in [2.45, 2.75) is 24.9 Å². The third kappa shape index (κ3) is 2.07. The lowest BCUT2D eigenvalue weighted by atomic mass is 10.0. The second kappa shape index (κ2) is 4.17. The van der Waals surface area contributed by atoms with Gasteiger partial charge in [0.05, 0.1) is 11.1 Å². The molecule has 1 aliphatic rings. The van der Waals surface area contributed by atoms with Gasteiger partial charge in [0, 0.05) is 24.0 Å². The summed E-state index contributed by atoms with van der Waals surface area (Å²) in [5.41, 5.74) is 0. The number of thiazole rings is 1. The minimum Gasteiger partial charge on any atom is -0.392 e. The van der Waals surface area contributed by atoms with Gasteiger partial charge in [-0.1, -0.05) is 0 Å². The van der Waals surface area contributed by atoms with E-state index in [1.165, 1.54) is 0 Å². The van der Waals surface area contributed by atoms with Crippen molar-refractivity contribution >= 4 is 11.3 Å². The molecule has 72 valence electrons. The minimum absolute atomic E-state index is 0.197. The van der Waals surface area contributed by atoms with Crippen LogP contribution in [0.15, 0.2) is 11.6 Å². The molecule has 2 atom stereocenters. The summed E-state index contributed by atoms with van der Waals surface area (Å²) in [6.07, 6.45) is 3.53. The van der Waals surface area contributed by atoms with Crippen molar-refractivity contribution in [3.8, 4) is 0 Å². The average molecular weight is 198 g/mol. The number of hydrogen-bond donors (Lipinski definition) is 2. The summed E-state index contributed by atoms with van der Waals surface area (Å²) in [6, 6.07) is 0. The minimum atomic E-state index is -0.221. The van der Waals surface area contributed by atoms with Crippen LogP contribution in [-0.4, -0.2) is 29.3 Å². The SMILES string of the molecule is OC1CCCNCC1c1nccs1. The first-order valence-corrected chi connectivity index (χ1v) is 5.54. The fourth-order valence-corrected chi connectivity index (χ4v) is 2.50. The molecule has 1 aliphatic heterocycles. The van der Waals surface area contributed by atoms with E-state index >= 15 is 0 Å². The van der Waals surface area contributed by atoms with Crippen molar-refractivity contribution in [2.24, 2.45) is 0 Å². The van der Waals surface area contributed by atoms with Crippen molar-refractivity contribution in [3.63, 3.8) is 0 Å². The molecule has 0 aliphatic carbocycles. The van der Waals surface area contributed by atoms with Gasteiger partial charge in [0.15, 0.2) is 0 Å². The molecular weight excluding hydrogens is 184 g/mol. The molecule has 1 saturated heterocycles. The van der Waals surface area contributed by atoms with E-state index < -0.39 is 0 Å². The topological polar surface area (TPSA) is 45.1 Å². The van der Waals surface area contributed by atoms with E-state index in [1.807, 2.05) is 5.38 Å². The van der Waals surface area contributed by atoms with Crippen LogP contribution in [0.4, 0.5) is 0 Å². The van der Waals surface area contributed by atoms with E-state index in [2.05, 4.69) is 10.3 Å². The number of rotatable bonds is 1. The van der Waals surface area contributed by atoms with Crippen molar-refractivity contribution in [2.75, 3.05) is 13.1 Å². The Morgan fingerprint density at radius 3 is 3.31 bits per heavy atom. The highest BCUT2D eigenvalue weighted by atomic mass is 32.1. The highest BCUT2D eigenvalue weighted by molar-refractivity contribution is 7.09. The Labute approximate surface area is 81.8 Å². The summed E-state index contributed by atoms with van der Waals surface area (Å²) in [6.45, 7) is 1.87. The monoisotopic (exact) mass is 198 g/mol. The molecule has 0 amide bonds. The van der Waals surface area contributed by atoms with Gasteiger partial charge in [0.2, 0.25) is 0 Å². The molecule has 2 rings (SSSR count). The zero-order chi connectivity index (χ0) is 9.10. The van der Waals surface area contributed by atoms with Crippen LogP contribution >= 0.6 is 11.3 Å². The van der Waals surface area contributed by atoms with Crippen LogP contribution in [0.2, 0.25) is 0 Å². The maximum atomic E-state index is 9.85. The van der Waals surface area contributed by atoms with Gasteiger partial charge in [-0.25, -0.2) is 4.98 Å². The van der Waals surface area contributed by atoms with Gasteiger partial charge in [0.1, 0.15) is 0 Å². The van der Waals surface area contributed by atoms with Crippen molar-refractivity contribution in [1.82, 2.24) is 10.3 Å². The Morgan fingerprint density at radius 2 is 2.54 bits per heavy atom. The molecule has 0 saturated carbocycles. The smallest absolute Gasteiger partial charge is 0.0994 e. The summed E-state index contributed by atoms with van der Waals surface area (Å²) in [5.74, 6) is 0.197. The van der Waals surface area contributed by atoms with Crippen molar-refractivity contribution < 1.29 is 5.11 Å². The Morgan fingerprint density at radius 1 is 1.62 bits per heavy atom. The maximum Gasteiger partial charge on any atom is 0.0994 e. The molecule has 2 unspecified atom stereocenters. The van der Waals surface area contributed by atoms with Gasteiger partial charge < -0.3 is 10.4 Å². The van der Waals surface area contributed by atoms with Gasteiger partial charge in [-0.05, 0) is 19.4 Å². The van der Waals surface area contributed by atoms with E-state index in [9.17, 15) is 5.11 Å². The Hall–Kier alpha value is -0.450. The van der Waals surface area contributed by atoms with Crippen LogP contribution in [0.1, 0.15) is 23.8 Å². The van der Waals surface area contributed by atoms with Gasteiger partial charge in [-0.2, -0.15) is 0 Å². The van der Waals surface area contributed by atoms with Crippen molar-refractivity contribution in [1.29, 1.82) is 0 Å². The molecule has 0 bridgehead atoms. The maximum absolute atomic E-state index is 9.85. The molecule has 13 heavy (non-hydrogen) atoms. The Bertz CT molecular complexity index is 250.